The summed E-state index contributed by atoms with van der Waals surface area (Å²) in [6, 6.07) is 15.1. The Kier molecular flexibility index (Phi) is 5.45. The number of carboxylic acid groups (broad SMARTS) is 1. The molecule has 0 saturated heterocycles. The second kappa shape index (κ2) is 8.82. The molecule has 0 amide bonds. The number of hydrogen-bond acceptors (Lipinski definition) is 7. The standard InChI is InChI=1S/C25H18BrN7O4/c1-13-27-18-8-9-32(12-20(34)35)25(36)22(18)33(13)11-14-6-7-19-17(10-14)21(26)23(37-19)15-4-2-3-5-16(15)24-28-30-31-29-24/h2-10H,11-12H2,1H3,(H,34,35)(H,28,29,30,31). The Balaban J connectivity index is 1.43. The summed E-state index contributed by atoms with van der Waals surface area (Å²) < 4.78 is 9.97. The molecule has 6 rings (SSSR count). The molecule has 0 unspecified atom stereocenters. The van der Waals surface area contributed by atoms with Crippen LogP contribution in [0.25, 0.3) is 44.7 Å². The SMILES string of the molecule is Cc1nc2ccn(CC(=O)O)c(=O)c2n1Cc1ccc2oc(-c3ccccc3-c3nn[nH]n3)c(Br)c2c1. The smallest absolute Gasteiger partial charge is 0.323 e. The molecule has 0 saturated carbocycles. The van der Waals surface area contributed by atoms with E-state index in [4.69, 9.17) is 9.52 Å². The molecule has 6 aromatic rings. The van der Waals surface area contributed by atoms with Crippen LogP contribution in [0.5, 0.6) is 0 Å². The third kappa shape index (κ3) is 3.91. The highest BCUT2D eigenvalue weighted by Gasteiger charge is 2.20. The highest BCUT2D eigenvalue weighted by Crippen LogP contribution is 2.41. The first-order valence-corrected chi connectivity index (χ1v) is 12.0. The van der Waals surface area contributed by atoms with Crippen LogP contribution in [-0.4, -0.2) is 45.8 Å². The van der Waals surface area contributed by atoms with Crippen molar-refractivity contribution in [2.45, 2.75) is 20.0 Å². The summed E-state index contributed by atoms with van der Waals surface area (Å²) in [4.78, 5) is 28.7. The second-order valence-corrected chi connectivity index (χ2v) is 9.27. The minimum absolute atomic E-state index is 0.363. The molecular weight excluding hydrogens is 542 g/mol. The number of pyridine rings is 1. The minimum atomic E-state index is -1.09. The number of nitrogens with one attached hydrogen (secondary N) is 1. The molecule has 184 valence electrons. The van der Waals surface area contributed by atoms with Gasteiger partial charge in [0.15, 0.2) is 0 Å². The summed E-state index contributed by atoms with van der Waals surface area (Å²) in [5.74, 6) is 0.658. The van der Waals surface area contributed by atoms with E-state index in [0.29, 0.717) is 40.6 Å². The van der Waals surface area contributed by atoms with Gasteiger partial charge in [0.2, 0.25) is 5.82 Å². The quantitative estimate of drug-likeness (QED) is 0.311. The molecule has 0 atom stereocenters. The number of benzene rings is 2. The number of carboxylic acids is 1. The maximum absolute atomic E-state index is 13.0. The largest absolute Gasteiger partial charge is 0.480 e. The zero-order valence-corrected chi connectivity index (χ0v) is 20.9. The Morgan fingerprint density at radius 2 is 1.97 bits per heavy atom. The van der Waals surface area contributed by atoms with Crippen molar-refractivity contribution in [1.29, 1.82) is 0 Å². The van der Waals surface area contributed by atoms with Crippen molar-refractivity contribution < 1.29 is 14.3 Å². The lowest BCUT2D eigenvalue weighted by Crippen LogP contribution is -2.25. The van der Waals surface area contributed by atoms with Crippen LogP contribution >= 0.6 is 15.9 Å². The van der Waals surface area contributed by atoms with E-state index in [1.807, 2.05) is 49.4 Å². The molecule has 0 fully saturated rings. The fourth-order valence-corrected chi connectivity index (χ4v) is 5.08. The van der Waals surface area contributed by atoms with Gasteiger partial charge in [-0.2, -0.15) is 5.21 Å². The van der Waals surface area contributed by atoms with Gasteiger partial charge in [-0.3, -0.25) is 9.59 Å². The number of aliphatic carboxylic acids is 1. The van der Waals surface area contributed by atoms with Crippen LogP contribution < -0.4 is 5.56 Å². The number of fused-ring (bicyclic) bond motifs is 2. The number of aromatic nitrogens is 7. The van der Waals surface area contributed by atoms with Crippen LogP contribution in [0, 0.1) is 6.92 Å². The molecule has 0 aliphatic carbocycles. The number of hydrogen-bond donors (Lipinski definition) is 2. The molecule has 37 heavy (non-hydrogen) atoms. The number of nitrogens with zero attached hydrogens (tertiary/aromatic N) is 6. The van der Waals surface area contributed by atoms with Crippen LogP contribution in [-0.2, 0) is 17.9 Å². The number of tetrazole rings is 1. The highest BCUT2D eigenvalue weighted by molar-refractivity contribution is 9.10. The Morgan fingerprint density at radius 1 is 1.16 bits per heavy atom. The number of furan rings is 1. The maximum atomic E-state index is 13.0. The lowest BCUT2D eigenvalue weighted by molar-refractivity contribution is -0.137. The average Bonchev–Trinajstić information content (AvgIpc) is 3.60. The number of imidazole rings is 1. The summed E-state index contributed by atoms with van der Waals surface area (Å²) in [6.45, 7) is 1.78. The normalized spacial score (nSPS) is 11.5. The van der Waals surface area contributed by atoms with Gasteiger partial charge < -0.3 is 18.7 Å². The molecule has 2 aromatic carbocycles. The van der Waals surface area contributed by atoms with E-state index in [-0.39, 0.29) is 0 Å². The van der Waals surface area contributed by atoms with Crippen LogP contribution in [0.15, 0.2) is 68.4 Å². The van der Waals surface area contributed by atoms with Gasteiger partial charge in [0.25, 0.3) is 5.56 Å². The monoisotopic (exact) mass is 559 g/mol. The van der Waals surface area contributed by atoms with Gasteiger partial charge in [-0.05, 0) is 51.8 Å². The van der Waals surface area contributed by atoms with E-state index in [1.54, 1.807) is 10.6 Å². The lowest BCUT2D eigenvalue weighted by atomic mass is 10.0. The van der Waals surface area contributed by atoms with Gasteiger partial charge in [-0.1, -0.05) is 30.3 Å². The van der Waals surface area contributed by atoms with Gasteiger partial charge in [0.1, 0.15) is 29.2 Å². The van der Waals surface area contributed by atoms with Crippen LogP contribution in [0.1, 0.15) is 11.4 Å². The van der Waals surface area contributed by atoms with Crippen LogP contribution in [0.3, 0.4) is 0 Å². The molecule has 0 spiro atoms. The van der Waals surface area contributed by atoms with Gasteiger partial charge >= 0.3 is 5.97 Å². The number of aromatic amines is 1. The first kappa shape index (κ1) is 22.9. The fourth-order valence-electron chi connectivity index (χ4n) is 4.48. The third-order valence-electron chi connectivity index (χ3n) is 6.16. The summed E-state index contributed by atoms with van der Waals surface area (Å²) in [5, 5.41) is 24.4. The van der Waals surface area contributed by atoms with E-state index in [1.165, 1.54) is 10.8 Å². The van der Waals surface area contributed by atoms with Crippen LogP contribution in [0.4, 0.5) is 0 Å². The molecular formula is C25H18BrN7O4. The van der Waals surface area contributed by atoms with Crippen molar-refractivity contribution >= 4 is 43.9 Å². The average molecular weight is 560 g/mol. The fraction of sp³-hybridized carbons (Fsp3) is 0.120. The Morgan fingerprint density at radius 3 is 2.73 bits per heavy atom. The van der Waals surface area contributed by atoms with Gasteiger partial charge in [0.05, 0.1) is 9.99 Å². The van der Waals surface area contributed by atoms with E-state index in [0.717, 1.165) is 26.5 Å². The molecule has 4 aromatic heterocycles. The molecule has 0 aliphatic heterocycles. The summed E-state index contributed by atoms with van der Waals surface area (Å²) in [5.41, 5.74) is 3.68. The van der Waals surface area contributed by atoms with Crippen molar-refractivity contribution in [3.05, 3.63) is 80.9 Å². The molecule has 12 heteroatoms. The molecule has 0 radical (unpaired) electrons. The van der Waals surface area contributed by atoms with Crippen LogP contribution in [0.2, 0.25) is 0 Å². The van der Waals surface area contributed by atoms with E-state index >= 15 is 0 Å². The molecule has 0 bridgehead atoms. The molecule has 4 heterocycles. The van der Waals surface area contributed by atoms with Crippen molar-refractivity contribution in [3.63, 3.8) is 0 Å². The summed E-state index contributed by atoms with van der Waals surface area (Å²) in [6.07, 6.45) is 1.46. The van der Waals surface area contributed by atoms with Crippen molar-refractivity contribution in [3.8, 4) is 22.7 Å². The zero-order valence-electron chi connectivity index (χ0n) is 19.3. The Labute approximate surface area is 216 Å². The predicted molar refractivity (Wildman–Crippen MR) is 138 cm³/mol. The first-order chi connectivity index (χ1) is 17.9. The number of halogens is 1. The number of rotatable bonds is 6. The first-order valence-electron chi connectivity index (χ1n) is 11.2. The van der Waals surface area contributed by atoms with Crippen molar-refractivity contribution in [2.75, 3.05) is 0 Å². The Hall–Kier alpha value is -4.58. The van der Waals surface area contributed by atoms with Crippen molar-refractivity contribution in [1.82, 2.24) is 34.7 Å². The topological polar surface area (TPSA) is 145 Å². The lowest BCUT2D eigenvalue weighted by Gasteiger charge is -2.08. The van der Waals surface area contributed by atoms with E-state index in [2.05, 4.69) is 41.5 Å². The maximum Gasteiger partial charge on any atom is 0.323 e. The second-order valence-electron chi connectivity index (χ2n) is 8.48. The highest BCUT2D eigenvalue weighted by atomic mass is 79.9. The predicted octanol–water partition coefficient (Wildman–Crippen LogP) is 4.00. The molecule has 0 aliphatic rings. The summed E-state index contributed by atoms with van der Waals surface area (Å²) in [7, 11) is 0. The molecule has 2 N–H and O–H groups in total. The number of aryl methyl sites for hydroxylation is 1. The summed E-state index contributed by atoms with van der Waals surface area (Å²) >= 11 is 3.71. The van der Waals surface area contributed by atoms with Gasteiger partial charge in [-0.25, -0.2) is 4.98 Å². The van der Waals surface area contributed by atoms with E-state index < -0.39 is 18.1 Å². The van der Waals surface area contributed by atoms with Gasteiger partial charge in [-0.15, -0.1) is 10.2 Å². The minimum Gasteiger partial charge on any atom is -0.480 e. The number of carbonyl (C=O) groups is 1. The number of H-pyrrole nitrogens is 1. The van der Waals surface area contributed by atoms with E-state index in [9.17, 15) is 9.59 Å². The Bertz CT molecular complexity index is 1870. The van der Waals surface area contributed by atoms with Gasteiger partial charge in [0, 0.05) is 29.3 Å². The van der Waals surface area contributed by atoms with Crippen molar-refractivity contribution in [2.24, 2.45) is 0 Å². The third-order valence-corrected chi connectivity index (χ3v) is 6.94. The zero-order chi connectivity index (χ0) is 25.7. The molecule has 11 nitrogen and oxygen atoms in total.